The fourth-order valence-corrected chi connectivity index (χ4v) is 2.94. The Morgan fingerprint density at radius 3 is 2.07 bits per heavy atom. The van der Waals surface area contributed by atoms with E-state index in [1.165, 1.54) is 5.56 Å². The van der Waals surface area contributed by atoms with Gasteiger partial charge in [0.2, 0.25) is 5.91 Å². The van der Waals surface area contributed by atoms with Crippen molar-refractivity contribution in [3.8, 4) is 5.75 Å². The zero-order valence-electron chi connectivity index (χ0n) is 18.2. The molecule has 29 heavy (non-hydrogen) atoms. The Morgan fingerprint density at radius 2 is 1.48 bits per heavy atom. The molecule has 2 N–H and O–H groups in total. The molecule has 2 amide bonds. The summed E-state index contributed by atoms with van der Waals surface area (Å²) in [4.78, 5) is 24.7. The highest BCUT2D eigenvalue weighted by molar-refractivity contribution is 5.87. The van der Waals surface area contributed by atoms with Crippen molar-refractivity contribution in [3.63, 3.8) is 0 Å². The van der Waals surface area contributed by atoms with Gasteiger partial charge in [0.25, 0.3) is 5.91 Å². The van der Waals surface area contributed by atoms with Gasteiger partial charge in [-0.15, -0.1) is 0 Å². The first kappa shape index (κ1) is 22.5. The van der Waals surface area contributed by atoms with Gasteiger partial charge in [-0.05, 0) is 74.4 Å². The van der Waals surface area contributed by atoms with E-state index < -0.39 is 12.0 Å². The second-order valence-corrected chi connectivity index (χ2v) is 8.05. The number of benzene rings is 2. The van der Waals surface area contributed by atoms with Crippen molar-refractivity contribution in [2.75, 3.05) is 0 Å². The summed E-state index contributed by atoms with van der Waals surface area (Å²) < 4.78 is 5.67. The fraction of sp³-hybridized carbons (Fsp3) is 0.417. The Hall–Kier alpha value is -2.82. The normalized spacial score (nSPS) is 12.9. The van der Waals surface area contributed by atoms with E-state index in [-0.39, 0.29) is 11.8 Å². The summed E-state index contributed by atoms with van der Waals surface area (Å²) >= 11 is 0. The largest absolute Gasteiger partial charge is 0.481 e. The number of hydrazine groups is 1. The average molecular weight is 397 g/mol. The second-order valence-electron chi connectivity index (χ2n) is 8.05. The summed E-state index contributed by atoms with van der Waals surface area (Å²) in [5.74, 6) is 0.158. The van der Waals surface area contributed by atoms with E-state index in [1.54, 1.807) is 6.92 Å². The number of rotatable bonds is 7. The molecule has 2 unspecified atom stereocenters. The van der Waals surface area contributed by atoms with Crippen LogP contribution in [-0.2, 0) is 16.0 Å². The summed E-state index contributed by atoms with van der Waals surface area (Å²) in [5.41, 5.74) is 9.36. The second kappa shape index (κ2) is 10.1. The van der Waals surface area contributed by atoms with Crippen LogP contribution in [0.2, 0.25) is 0 Å². The minimum Gasteiger partial charge on any atom is -0.481 e. The lowest BCUT2D eigenvalue weighted by Gasteiger charge is -2.18. The molecule has 2 rings (SSSR count). The Kier molecular flexibility index (Phi) is 7.82. The topological polar surface area (TPSA) is 67.4 Å². The fourth-order valence-electron chi connectivity index (χ4n) is 2.94. The molecular formula is C24H32N2O3. The maximum atomic E-state index is 12.4. The highest BCUT2D eigenvalue weighted by Crippen LogP contribution is 2.19. The molecule has 0 bridgehead atoms. The monoisotopic (exact) mass is 396 g/mol. The molecule has 156 valence electrons. The maximum Gasteiger partial charge on any atom is 0.279 e. The van der Waals surface area contributed by atoms with Crippen molar-refractivity contribution in [3.05, 3.63) is 64.7 Å². The number of ether oxygens (including phenoxy) is 1. The molecule has 0 aliphatic carbocycles. The third-order valence-corrected chi connectivity index (χ3v) is 4.99. The minimum absolute atomic E-state index is 0.270. The lowest BCUT2D eigenvalue weighted by molar-refractivity contribution is -0.133. The maximum absolute atomic E-state index is 12.4. The van der Waals surface area contributed by atoms with Gasteiger partial charge in [0.05, 0.1) is 5.92 Å². The SMILES string of the molecule is Cc1ccc(OC(C)C(=O)NNC(=O)C(C)c2ccc(CC(C)C)cc2)cc1C. The van der Waals surface area contributed by atoms with Crippen molar-refractivity contribution in [2.24, 2.45) is 5.92 Å². The van der Waals surface area contributed by atoms with Gasteiger partial charge in [-0.3, -0.25) is 20.4 Å². The van der Waals surface area contributed by atoms with Gasteiger partial charge in [0.15, 0.2) is 6.10 Å². The number of amides is 2. The molecule has 0 spiro atoms. The molecule has 2 atom stereocenters. The Morgan fingerprint density at radius 1 is 0.862 bits per heavy atom. The van der Waals surface area contributed by atoms with E-state index in [1.807, 2.05) is 51.1 Å². The molecule has 0 radical (unpaired) electrons. The van der Waals surface area contributed by atoms with Crippen LogP contribution in [0.25, 0.3) is 0 Å². The zero-order valence-corrected chi connectivity index (χ0v) is 18.2. The molecule has 0 aliphatic rings. The first-order chi connectivity index (χ1) is 13.7. The average Bonchev–Trinajstić information content (AvgIpc) is 2.68. The summed E-state index contributed by atoms with van der Waals surface area (Å²) in [6.45, 7) is 11.8. The van der Waals surface area contributed by atoms with Crippen molar-refractivity contribution in [1.29, 1.82) is 0 Å². The molecule has 0 heterocycles. The zero-order chi connectivity index (χ0) is 21.6. The van der Waals surface area contributed by atoms with Crippen molar-refractivity contribution in [2.45, 2.75) is 60.0 Å². The Labute approximate surface area is 173 Å². The summed E-state index contributed by atoms with van der Waals surface area (Å²) in [6, 6.07) is 13.7. The van der Waals surface area contributed by atoms with Crippen LogP contribution in [0.3, 0.4) is 0 Å². The van der Waals surface area contributed by atoms with Crippen LogP contribution < -0.4 is 15.6 Å². The lowest BCUT2D eigenvalue weighted by Crippen LogP contribution is -2.48. The van der Waals surface area contributed by atoms with Crippen LogP contribution >= 0.6 is 0 Å². The number of nitrogens with one attached hydrogen (secondary N) is 2. The molecule has 0 fully saturated rings. The van der Waals surface area contributed by atoms with E-state index >= 15 is 0 Å². The number of carbonyl (C=O) groups is 2. The third-order valence-electron chi connectivity index (χ3n) is 4.99. The van der Waals surface area contributed by atoms with E-state index in [0.717, 1.165) is 23.1 Å². The van der Waals surface area contributed by atoms with Crippen LogP contribution in [0.15, 0.2) is 42.5 Å². The van der Waals surface area contributed by atoms with Gasteiger partial charge < -0.3 is 4.74 Å². The molecule has 0 saturated heterocycles. The number of hydrogen-bond acceptors (Lipinski definition) is 3. The molecule has 0 aromatic heterocycles. The number of hydrogen-bond donors (Lipinski definition) is 2. The van der Waals surface area contributed by atoms with Gasteiger partial charge in [-0.2, -0.15) is 0 Å². The molecule has 2 aromatic rings. The minimum atomic E-state index is -0.733. The predicted molar refractivity (Wildman–Crippen MR) is 116 cm³/mol. The van der Waals surface area contributed by atoms with E-state index in [4.69, 9.17) is 4.74 Å². The van der Waals surface area contributed by atoms with E-state index in [0.29, 0.717) is 11.7 Å². The summed E-state index contributed by atoms with van der Waals surface area (Å²) in [6.07, 6.45) is 0.276. The number of aryl methyl sites for hydroxylation is 2. The highest BCUT2D eigenvalue weighted by atomic mass is 16.5. The van der Waals surface area contributed by atoms with Gasteiger partial charge in [0, 0.05) is 0 Å². The smallest absolute Gasteiger partial charge is 0.279 e. The van der Waals surface area contributed by atoms with E-state index in [2.05, 4.69) is 36.8 Å². The third kappa shape index (κ3) is 6.63. The van der Waals surface area contributed by atoms with Crippen LogP contribution in [-0.4, -0.2) is 17.9 Å². The predicted octanol–water partition coefficient (Wildman–Crippen LogP) is 4.22. The quantitative estimate of drug-likeness (QED) is 0.689. The van der Waals surface area contributed by atoms with E-state index in [9.17, 15) is 9.59 Å². The molecule has 0 saturated carbocycles. The summed E-state index contributed by atoms with van der Waals surface area (Å²) in [5, 5.41) is 0. The van der Waals surface area contributed by atoms with Crippen molar-refractivity contribution in [1.82, 2.24) is 10.9 Å². The molecule has 0 aliphatic heterocycles. The first-order valence-corrected chi connectivity index (χ1v) is 10.1. The summed E-state index contributed by atoms with van der Waals surface area (Å²) in [7, 11) is 0. The van der Waals surface area contributed by atoms with Gasteiger partial charge >= 0.3 is 0 Å². The first-order valence-electron chi connectivity index (χ1n) is 10.1. The van der Waals surface area contributed by atoms with Crippen molar-refractivity contribution < 1.29 is 14.3 Å². The van der Waals surface area contributed by atoms with Crippen molar-refractivity contribution >= 4 is 11.8 Å². The number of carbonyl (C=O) groups excluding carboxylic acids is 2. The van der Waals surface area contributed by atoms with Gasteiger partial charge in [0.1, 0.15) is 5.75 Å². The molecule has 5 nitrogen and oxygen atoms in total. The molecule has 5 heteroatoms. The standard InChI is InChI=1S/C24H32N2O3/c1-15(2)13-20-8-10-21(11-9-20)18(5)23(27)25-26-24(28)19(6)29-22-12-7-16(3)17(4)14-22/h7-12,14-15,18-19H,13H2,1-6H3,(H,25,27)(H,26,28). The highest BCUT2D eigenvalue weighted by Gasteiger charge is 2.19. The Balaban J connectivity index is 1.86. The Bertz CT molecular complexity index is 844. The van der Waals surface area contributed by atoms with Crippen LogP contribution in [0.1, 0.15) is 55.9 Å². The van der Waals surface area contributed by atoms with Crippen LogP contribution in [0.4, 0.5) is 0 Å². The van der Waals surface area contributed by atoms with Crippen LogP contribution in [0, 0.1) is 19.8 Å². The lowest BCUT2D eigenvalue weighted by atomic mass is 9.96. The van der Waals surface area contributed by atoms with Gasteiger partial charge in [-0.1, -0.05) is 44.2 Å². The molecule has 2 aromatic carbocycles. The van der Waals surface area contributed by atoms with Gasteiger partial charge in [-0.25, -0.2) is 0 Å². The van der Waals surface area contributed by atoms with Crippen LogP contribution in [0.5, 0.6) is 5.75 Å². The molecular weight excluding hydrogens is 364 g/mol.